The number of nitrogens with zero attached hydrogens (tertiary/aromatic N) is 2. The number of hydrogen-bond donors (Lipinski definition) is 1. The van der Waals surface area contributed by atoms with E-state index in [1.165, 1.54) is 12.5 Å². The second-order valence-corrected chi connectivity index (χ2v) is 6.78. The second-order valence-electron chi connectivity index (χ2n) is 6.01. The Kier molecular flexibility index (Phi) is 4.48. The van der Waals surface area contributed by atoms with Crippen LogP contribution in [0.2, 0.25) is 10.2 Å². The van der Waals surface area contributed by atoms with Crippen molar-refractivity contribution in [3.8, 4) is 0 Å². The van der Waals surface area contributed by atoms with Crippen LogP contribution in [0.5, 0.6) is 0 Å². The van der Waals surface area contributed by atoms with Gasteiger partial charge in [-0.3, -0.25) is 4.79 Å². The Labute approximate surface area is 139 Å². The van der Waals surface area contributed by atoms with Gasteiger partial charge in [-0.1, -0.05) is 42.5 Å². The molecule has 1 aliphatic heterocycles. The van der Waals surface area contributed by atoms with Gasteiger partial charge >= 0.3 is 0 Å². The van der Waals surface area contributed by atoms with E-state index in [-0.39, 0.29) is 33.1 Å². The summed E-state index contributed by atoms with van der Waals surface area (Å²) in [5.74, 6) is 0.00743. The molecule has 7 heteroatoms. The monoisotopic (exact) mass is 343 g/mol. The summed E-state index contributed by atoms with van der Waals surface area (Å²) in [5.41, 5.74) is 5.62. The first kappa shape index (κ1) is 15.8. The number of aromatic nitrogens is 1. The Bertz CT molecular complexity index is 560. The Balaban J connectivity index is 1.83. The largest absolute Gasteiger partial charge is 0.384 e. The van der Waals surface area contributed by atoms with Crippen molar-refractivity contribution < 1.29 is 9.53 Å². The molecule has 0 radical (unpaired) electrons. The highest BCUT2D eigenvalue weighted by atomic mass is 35.5. The normalized spacial score (nSPS) is 21.1. The predicted octanol–water partition coefficient (Wildman–Crippen LogP) is 3.15. The zero-order valence-electron chi connectivity index (χ0n) is 12.3. The smallest absolute Gasteiger partial charge is 0.258 e. The number of carbonyl (C=O) groups is 1. The number of nitrogen functional groups attached to an aromatic ring is 1. The maximum Gasteiger partial charge on any atom is 0.258 e. The molecule has 2 fully saturated rings. The van der Waals surface area contributed by atoms with Crippen LogP contribution >= 0.6 is 23.2 Å². The minimum atomic E-state index is -0.202. The molecular weight excluding hydrogens is 325 g/mol. The van der Waals surface area contributed by atoms with Crippen molar-refractivity contribution in [3.63, 3.8) is 0 Å². The molecule has 120 valence electrons. The standard InChI is InChI=1S/C15H19Cl2N3O2/c16-10-8-11(18)19-13(17)12(10)14(21)20-6-7-22-15(9-20)4-2-1-3-5-15/h8H,1-7,9H2,(H2,18,19). The van der Waals surface area contributed by atoms with Gasteiger partial charge in [0, 0.05) is 6.54 Å². The lowest BCUT2D eigenvalue weighted by atomic mass is 9.83. The van der Waals surface area contributed by atoms with Gasteiger partial charge in [0.15, 0.2) is 0 Å². The zero-order chi connectivity index (χ0) is 15.7. The van der Waals surface area contributed by atoms with Gasteiger partial charge in [0.1, 0.15) is 11.0 Å². The molecule has 1 aliphatic carbocycles. The van der Waals surface area contributed by atoms with E-state index in [2.05, 4.69) is 4.98 Å². The molecule has 0 unspecified atom stereocenters. The molecule has 1 amide bonds. The molecule has 1 aromatic heterocycles. The van der Waals surface area contributed by atoms with Crippen molar-refractivity contribution in [2.24, 2.45) is 0 Å². The number of amides is 1. The van der Waals surface area contributed by atoms with Gasteiger partial charge in [-0.15, -0.1) is 0 Å². The lowest BCUT2D eigenvalue weighted by Gasteiger charge is -2.45. The molecule has 1 saturated heterocycles. The maximum atomic E-state index is 12.8. The van der Waals surface area contributed by atoms with E-state index >= 15 is 0 Å². The Morgan fingerprint density at radius 3 is 2.73 bits per heavy atom. The van der Waals surface area contributed by atoms with Crippen molar-refractivity contribution in [2.75, 3.05) is 25.4 Å². The number of hydrogen-bond acceptors (Lipinski definition) is 4. The van der Waals surface area contributed by atoms with Crippen molar-refractivity contribution in [1.29, 1.82) is 0 Å². The number of nitrogens with two attached hydrogens (primary N) is 1. The van der Waals surface area contributed by atoms with Crippen molar-refractivity contribution in [3.05, 3.63) is 21.8 Å². The first-order valence-corrected chi connectivity index (χ1v) is 8.31. The quantitative estimate of drug-likeness (QED) is 0.795. The van der Waals surface area contributed by atoms with Crippen LogP contribution in [0.4, 0.5) is 5.82 Å². The van der Waals surface area contributed by atoms with E-state index in [9.17, 15) is 4.79 Å². The number of anilines is 1. The van der Waals surface area contributed by atoms with E-state index in [1.54, 1.807) is 4.90 Å². The molecule has 0 aromatic carbocycles. The van der Waals surface area contributed by atoms with Crippen LogP contribution in [0.3, 0.4) is 0 Å². The van der Waals surface area contributed by atoms with Crippen LogP contribution in [0, 0.1) is 0 Å². The van der Waals surface area contributed by atoms with Gasteiger partial charge in [0.05, 0.1) is 29.3 Å². The molecular formula is C15H19Cl2N3O2. The van der Waals surface area contributed by atoms with Crippen LogP contribution in [-0.4, -0.2) is 41.1 Å². The maximum absolute atomic E-state index is 12.8. The van der Waals surface area contributed by atoms with Crippen molar-refractivity contribution >= 4 is 34.9 Å². The summed E-state index contributed by atoms with van der Waals surface area (Å²) in [7, 11) is 0. The first-order chi connectivity index (χ1) is 10.5. The van der Waals surface area contributed by atoms with E-state index < -0.39 is 0 Å². The molecule has 5 nitrogen and oxygen atoms in total. The number of ether oxygens (including phenoxy) is 1. The molecule has 1 spiro atoms. The fraction of sp³-hybridized carbons (Fsp3) is 0.600. The van der Waals surface area contributed by atoms with Crippen LogP contribution in [0.1, 0.15) is 42.5 Å². The molecule has 2 aliphatic rings. The third kappa shape index (κ3) is 3.03. The van der Waals surface area contributed by atoms with Crippen LogP contribution in [-0.2, 0) is 4.74 Å². The molecule has 1 saturated carbocycles. The highest BCUT2D eigenvalue weighted by molar-refractivity contribution is 6.39. The topological polar surface area (TPSA) is 68.5 Å². The Morgan fingerprint density at radius 2 is 2.05 bits per heavy atom. The van der Waals surface area contributed by atoms with Crippen LogP contribution in [0.25, 0.3) is 0 Å². The second kappa shape index (κ2) is 6.22. The highest BCUT2D eigenvalue weighted by Crippen LogP contribution is 2.35. The summed E-state index contributed by atoms with van der Waals surface area (Å²) in [5, 5.41) is 0.297. The highest BCUT2D eigenvalue weighted by Gasteiger charge is 2.40. The van der Waals surface area contributed by atoms with Crippen LogP contribution in [0.15, 0.2) is 6.07 Å². The van der Waals surface area contributed by atoms with Gasteiger partial charge in [0.2, 0.25) is 0 Å². The number of halogens is 2. The SMILES string of the molecule is Nc1cc(Cl)c(C(=O)N2CCOC3(CCCCC3)C2)c(Cl)n1. The number of rotatable bonds is 1. The molecule has 22 heavy (non-hydrogen) atoms. The third-order valence-corrected chi connectivity index (χ3v) is 5.03. The first-order valence-electron chi connectivity index (χ1n) is 7.55. The van der Waals surface area contributed by atoms with Gasteiger partial charge in [0.25, 0.3) is 5.91 Å². The Hall–Kier alpha value is -1.04. The average molecular weight is 344 g/mol. The lowest BCUT2D eigenvalue weighted by molar-refractivity contribution is -0.117. The van der Waals surface area contributed by atoms with Gasteiger partial charge in [-0.2, -0.15) is 0 Å². The van der Waals surface area contributed by atoms with Crippen molar-refractivity contribution in [1.82, 2.24) is 9.88 Å². The summed E-state index contributed by atoms with van der Waals surface area (Å²) in [4.78, 5) is 18.5. The van der Waals surface area contributed by atoms with Gasteiger partial charge in [-0.25, -0.2) is 4.98 Å². The molecule has 1 aromatic rings. The fourth-order valence-corrected chi connectivity index (χ4v) is 3.98. The van der Waals surface area contributed by atoms with E-state index in [0.29, 0.717) is 19.7 Å². The molecule has 0 atom stereocenters. The van der Waals surface area contributed by atoms with E-state index in [1.807, 2.05) is 0 Å². The predicted molar refractivity (Wildman–Crippen MR) is 86.3 cm³/mol. The third-order valence-electron chi connectivity index (χ3n) is 4.46. The summed E-state index contributed by atoms with van der Waals surface area (Å²) >= 11 is 12.2. The number of pyridine rings is 1. The molecule has 2 N–H and O–H groups in total. The average Bonchev–Trinajstić information content (AvgIpc) is 2.47. The van der Waals surface area contributed by atoms with Gasteiger partial charge in [-0.05, 0) is 18.9 Å². The molecule has 2 heterocycles. The summed E-state index contributed by atoms with van der Waals surface area (Å²) < 4.78 is 6.01. The fourth-order valence-electron chi connectivity index (χ4n) is 3.37. The van der Waals surface area contributed by atoms with Gasteiger partial charge < -0.3 is 15.4 Å². The summed E-state index contributed by atoms with van der Waals surface area (Å²) in [6, 6.07) is 1.46. The Morgan fingerprint density at radius 1 is 1.32 bits per heavy atom. The van der Waals surface area contributed by atoms with E-state index in [4.69, 9.17) is 33.7 Å². The zero-order valence-corrected chi connectivity index (χ0v) is 13.8. The van der Waals surface area contributed by atoms with Crippen molar-refractivity contribution in [2.45, 2.75) is 37.7 Å². The summed E-state index contributed by atoms with van der Waals surface area (Å²) in [6.07, 6.45) is 5.52. The molecule has 0 bridgehead atoms. The number of carbonyl (C=O) groups excluding carboxylic acids is 1. The number of morpholine rings is 1. The minimum Gasteiger partial charge on any atom is -0.384 e. The molecule has 3 rings (SSSR count). The van der Waals surface area contributed by atoms with Crippen LogP contribution < -0.4 is 5.73 Å². The lowest BCUT2D eigenvalue weighted by Crippen LogP contribution is -2.54. The van der Waals surface area contributed by atoms with E-state index in [0.717, 1.165) is 25.7 Å². The summed E-state index contributed by atoms with van der Waals surface area (Å²) in [6.45, 7) is 1.67. The minimum absolute atomic E-state index is 0.0548.